The third-order valence-corrected chi connectivity index (χ3v) is 3.71. The van der Waals surface area contributed by atoms with Crippen molar-refractivity contribution < 1.29 is 9.18 Å². The maximum Gasteiger partial charge on any atom is 0.241 e. The lowest BCUT2D eigenvalue weighted by molar-refractivity contribution is -0.128. The highest BCUT2D eigenvalue weighted by molar-refractivity contribution is 14.1. The number of benzene rings is 1. The SMILES string of the molecule is O=C(CNc1ccc(F)cc1I)N1CCCC1. The highest BCUT2D eigenvalue weighted by atomic mass is 127. The summed E-state index contributed by atoms with van der Waals surface area (Å²) in [6.45, 7) is 2.00. The lowest BCUT2D eigenvalue weighted by Crippen LogP contribution is -2.33. The van der Waals surface area contributed by atoms with Crippen LogP contribution in [0.3, 0.4) is 0 Å². The number of nitrogens with one attached hydrogen (secondary N) is 1. The number of rotatable bonds is 3. The third kappa shape index (κ3) is 3.31. The van der Waals surface area contributed by atoms with E-state index in [9.17, 15) is 9.18 Å². The molecule has 1 N–H and O–H groups in total. The molecule has 0 aromatic heterocycles. The molecule has 1 aliphatic rings. The van der Waals surface area contributed by atoms with Crippen molar-refractivity contribution in [2.24, 2.45) is 0 Å². The highest BCUT2D eigenvalue weighted by Crippen LogP contribution is 2.19. The Morgan fingerprint density at radius 2 is 2.12 bits per heavy atom. The van der Waals surface area contributed by atoms with Crippen LogP contribution in [0.1, 0.15) is 12.8 Å². The van der Waals surface area contributed by atoms with Crippen molar-refractivity contribution in [2.45, 2.75) is 12.8 Å². The van der Waals surface area contributed by atoms with Gasteiger partial charge in [-0.05, 0) is 53.6 Å². The standard InChI is InChI=1S/C12H14FIN2O/c13-9-3-4-11(10(14)7-9)15-8-12(17)16-5-1-2-6-16/h3-4,7,15H,1-2,5-6,8H2. The summed E-state index contributed by atoms with van der Waals surface area (Å²) in [7, 11) is 0. The Morgan fingerprint density at radius 3 is 2.76 bits per heavy atom. The quantitative estimate of drug-likeness (QED) is 0.852. The molecule has 1 amide bonds. The van der Waals surface area contributed by atoms with Crippen molar-refractivity contribution in [3.05, 3.63) is 27.6 Å². The first-order valence-corrected chi connectivity index (χ1v) is 6.71. The van der Waals surface area contributed by atoms with Gasteiger partial charge in [-0.1, -0.05) is 0 Å². The van der Waals surface area contributed by atoms with Crippen molar-refractivity contribution in [3.63, 3.8) is 0 Å². The van der Waals surface area contributed by atoms with Gasteiger partial charge in [0.25, 0.3) is 0 Å². The minimum absolute atomic E-state index is 0.114. The van der Waals surface area contributed by atoms with E-state index < -0.39 is 0 Å². The first-order chi connectivity index (χ1) is 8.16. The van der Waals surface area contributed by atoms with E-state index in [4.69, 9.17) is 0 Å². The fraction of sp³-hybridized carbons (Fsp3) is 0.417. The number of hydrogen-bond donors (Lipinski definition) is 1. The fourth-order valence-electron chi connectivity index (χ4n) is 1.88. The molecule has 0 saturated carbocycles. The smallest absolute Gasteiger partial charge is 0.241 e. The van der Waals surface area contributed by atoms with Crippen LogP contribution in [0.15, 0.2) is 18.2 Å². The molecule has 1 aliphatic heterocycles. The number of likely N-dealkylation sites (tertiary alicyclic amines) is 1. The summed E-state index contributed by atoms with van der Waals surface area (Å²) in [6.07, 6.45) is 2.19. The Hall–Kier alpha value is -0.850. The third-order valence-electron chi connectivity index (χ3n) is 2.82. The number of amides is 1. The maximum atomic E-state index is 12.9. The Kier molecular flexibility index (Phi) is 4.20. The number of hydrogen-bond acceptors (Lipinski definition) is 2. The molecule has 0 aliphatic carbocycles. The van der Waals surface area contributed by atoms with E-state index >= 15 is 0 Å². The fourth-order valence-corrected chi connectivity index (χ4v) is 2.55. The van der Waals surface area contributed by atoms with Crippen molar-refractivity contribution in [1.82, 2.24) is 4.90 Å². The van der Waals surface area contributed by atoms with E-state index in [-0.39, 0.29) is 18.3 Å². The summed E-state index contributed by atoms with van der Waals surface area (Å²) in [4.78, 5) is 13.6. The molecule has 1 aromatic carbocycles. The molecule has 0 bridgehead atoms. The Balaban J connectivity index is 1.90. The maximum absolute atomic E-state index is 12.9. The van der Waals surface area contributed by atoms with Gasteiger partial charge in [0, 0.05) is 22.3 Å². The van der Waals surface area contributed by atoms with Gasteiger partial charge in [-0.15, -0.1) is 0 Å². The van der Waals surface area contributed by atoms with E-state index in [0.29, 0.717) is 0 Å². The summed E-state index contributed by atoms with van der Waals surface area (Å²) < 4.78 is 13.7. The van der Waals surface area contributed by atoms with Crippen LogP contribution in [0.25, 0.3) is 0 Å². The van der Waals surface area contributed by atoms with Gasteiger partial charge in [-0.3, -0.25) is 4.79 Å². The van der Waals surface area contributed by atoms with Gasteiger partial charge in [0.15, 0.2) is 0 Å². The van der Waals surface area contributed by atoms with E-state index in [2.05, 4.69) is 27.9 Å². The predicted molar refractivity (Wildman–Crippen MR) is 73.4 cm³/mol. The largest absolute Gasteiger partial charge is 0.375 e. The molecule has 1 heterocycles. The van der Waals surface area contributed by atoms with Gasteiger partial charge in [0.1, 0.15) is 5.82 Å². The number of nitrogens with zero attached hydrogens (tertiary/aromatic N) is 1. The first-order valence-electron chi connectivity index (χ1n) is 5.63. The van der Waals surface area contributed by atoms with E-state index in [1.165, 1.54) is 12.1 Å². The average molecular weight is 348 g/mol. The van der Waals surface area contributed by atoms with Crippen LogP contribution >= 0.6 is 22.6 Å². The first kappa shape index (κ1) is 12.6. The number of anilines is 1. The van der Waals surface area contributed by atoms with Crippen molar-refractivity contribution in [1.29, 1.82) is 0 Å². The minimum Gasteiger partial charge on any atom is -0.375 e. The lowest BCUT2D eigenvalue weighted by atomic mass is 10.3. The lowest BCUT2D eigenvalue weighted by Gasteiger charge is -2.16. The second kappa shape index (κ2) is 5.66. The Morgan fingerprint density at radius 1 is 1.41 bits per heavy atom. The van der Waals surface area contributed by atoms with E-state index in [0.717, 1.165) is 35.2 Å². The molecule has 1 aromatic rings. The van der Waals surface area contributed by atoms with Crippen LogP contribution in [0.5, 0.6) is 0 Å². The van der Waals surface area contributed by atoms with Crippen molar-refractivity contribution >= 4 is 34.2 Å². The van der Waals surface area contributed by atoms with Gasteiger partial charge in [0.05, 0.1) is 6.54 Å². The van der Waals surface area contributed by atoms with Crippen molar-refractivity contribution in [3.8, 4) is 0 Å². The molecule has 0 spiro atoms. The van der Waals surface area contributed by atoms with Crippen LogP contribution in [0.4, 0.5) is 10.1 Å². The van der Waals surface area contributed by atoms with Crippen molar-refractivity contribution in [2.75, 3.05) is 25.0 Å². The number of carbonyl (C=O) groups excluding carboxylic acids is 1. The van der Waals surface area contributed by atoms with Gasteiger partial charge < -0.3 is 10.2 Å². The van der Waals surface area contributed by atoms with Crippen LogP contribution in [0, 0.1) is 9.39 Å². The second-order valence-electron chi connectivity index (χ2n) is 4.07. The van der Waals surface area contributed by atoms with Gasteiger partial charge >= 0.3 is 0 Å². The van der Waals surface area contributed by atoms with Crippen LogP contribution in [-0.4, -0.2) is 30.4 Å². The zero-order chi connectivity index (χ0) is 12.3. The Labute approximate surface area is 114 Å². The molecule has 5 heteroatoms. The number of halogens is 2. The normalized spacial score (nSPS) is 15.1. The zero-order valence-electron chi connectivity index (χ0n) is 9.38. The molecular weight excluding hydrogens is 334 g/mol. The molecular formula is C12H14FIN2O. The van der Waals surface area contributed by atoms with Gasteiger partial charge in [-0.2, -0.15) is 0 Å². The summed E-state index contributed by atoms with van der Waals surface area (Å²) >= 11 is 2.05. The topological polar surface area (TPSA) is 32.3 Å². The summed E-state index contributed by atoms with van der Waals surface area (Å²) in [5, 5.41) is 3.05. The summed E-state index contributed by atoms with van der Waals surface area (Å²) in [5.41, 5.74) is 0.805. The second-order valence-corrected chi connectivity index (χ2v) is 5.23. The van der Waals surface area contributed by atoms with Crippen LogP contribution in [0.2, 0.25) is 0 Å². The summed E-state index contributed by atoms with van der Waals surface area (Å²) in [5.74, 6) is -0.145. The molecule has 1 saturated heterocycles. The van der Waals surface area contributed by atoms with Crippen LogP contribution in [-0.2, 0) is 4.79 Å². The minimum atomic E-state index is -0.259. The molecule has 2 rings (SSSR count). The number of carbonyl (C=O) groups is 1. The highest BCUT2D eigenvalue weighted by Gasteiger charge is 2.17. The molecule has 1 fully saturated rings. The van der Waals surface area contributed by atoms with Gasteiger partial charge in [-0.25, -0.2) is 4.39 Å². The molecule has 17 heavy (non-hydrogen) atoms. The molecule has 0 radical (unpaired) electrons. The van der Waals surface area contributed by atoms with E-state index in [1.807, 2.05) is 4.90 Å². The molecule has 0 atom stereocenters. The van der Waals surface area contributed by atoms with E-state index in [1.54, 1.807) is 6.07 Å². The average Bonchev–Trinajstić information content (AvgIpc) is 2.81. The summed E-state index contributed by atoms with van der Waals surface area (Å²) in [6, 6.07) is 4.50. The van der Waals surface area contributed by atoms with Crippen LogP contribution < -0.4 is 5.32 Å². The molecule has 0 unspecified atom stereocenters. The Bertz CT molecular complexity index is 419. The molecule has 3 nitrogen and oxygen atoms in total. The predicted octanol–water partition coefficient (Wildman–Crippen LogP) is 2.46. The van der Waals surface area contributed by atoms with Gasteiger partial charge in [0.2, 0.25) is 5.91 Å². The monoisotopic (exact) mass is 348 g/mol. The molecule has 92 valence electrons. The zero-order valence-corrected chi connectivity index (χ0v) is 11.5.